The zero-order valence-electron chi connectivity index (χ0n) is 10.9. The number of alkyl halides is 3. The lowest BCUT2D eigenvalue weighted by Gasteiger charge is -2.30. The monoisotopic (exact) mass is 273 g/mol. The summed E-state index contributed by atoms with van der Waals surface area (Å²) in [6, 6.07) is 2.56. The summed E-state index contributed by atoms with van der Waals surface area (Å²) in [7, 11) is 0. The van der Waals surface area contributed by atoms with Gasteiger partial charge in [0.2, 0.25) is 0 Å². The van der Waals surface area contributed by atoms with E-state index in [1.807, 2.05) is 0 Å². The summed E-state index contributed by atoms with van der Waals surface area (Å²) >= 11 is 0. The van der Waals surface area contributed by atoms with E-state index in [1.54, 1.807) is 0 Å². The number of nitrogens with zero attached hydrogens (tertiary/aromatic N) is 2. The van der Waals surface area contributed by atoms with Gasteiger partial charge in [-0.25, -0.2) is 4.98 Å². The van der Waals surface area contributed by atoms with Crippen LogP contribution >= 0.6 is 0 Å². The van der Waals surface area contributed by atoms with Crippen LogP contribution in [0, 0.1) is 5.92 Å². The first-order valence-electron chi connectivity index (χ1n) is 6.46. The molecule has 1 aromatic rings. The fraction of sp³-hybridized carbons (Fsp3) is 0.615. The van der Waals surface area contributed by atoms with Crippen molar-refractivity contribution in [3.8, 4) is 0 Å². The molecule has 0 spiro atoms. The van der Waals surface area contributed by atoms with E-state index in [2.05, 4.69) is 22.1 Å². The maximum Gasteiger partial charge on any atom is 0.433 e. The van der Waals surface area contributed by atoms with Gasteiger partial charge >= 0.3 is 6.18 Å². The summed E-state index contributed by atoms with van der Waals surface area (Å²) in [6.45, 7) is 5.67. The summed E-state index contributed by atoms with van der Waals surface area (Å²) in [6.07, 6.45) is -2.07. The van der Waals surface area contributed by atoms with Crippen LogP contribution < -0.4 is 10.2 Å². The minimum absolute atomic E-state index is 0.461. The Labute approximate surface area is 110 Å². The Bertz CT molecular complexity index is 403. The third kappa shape index (κ3) is 3.83. The lowest BCUT2D eigenvalue weighted by atomic mass is 10.1. The number of aromatic nitrogens is 1. The van der Waals surface area contributed by atoms with E-state index in [1.165, 1.54) is 12.3 Å². The quantitative estimate of drug-likeness (QED) is 0.852. The van der Waals surface area contributed by atoms with Crippen molar-refractivity contribution in [3.63, 3.8) is 0 Å². The Hall–Kier alpha value is -1.30. The largest absolute Gasteiger partial charge is 0.433 e. The summed E-state index contributed by atoms with van der Waals surface area (Å²) in [5.41, 5.74) is -0.0697. The molecule has 1 aromatic heterocycles. The Kier molecular flexibility index (Phi) is 4.29. The molecule has 2 heterocycles. The normalized spacial score (nSPS) is 21.9. The molecule has 2 rings (SSSR count). The highest BCUT2D eigenvalue weighted by atomic mass is 19.4. The van der Waals surface area contributed by atoms with Crippen LogP contribution in [0.25, 0.3) is 0 Å². The molecule has 19 heavy (non-hydrogen) atoms. The van der Waals surface area contributed by atoms with Crippen molar-refractivity contribution in [2.24, 2.45) is 5.92 Å². The molecule has 1 unspecified atom stereocenters. The summed E-state index contributed by atoms with van der Waals surface area (Å²) in [4.78, 5) is 5.63. The molecule has 0 bridgehead atoms. The van der Waals surface area contributed by atoms with Gasteiger partial charge in [-0.2, -0.15) is 13.2 Å². The molecular formula is C13H18F3N3. The number of rotatable bonds is 1. The van der Waals surface area contributed by atoms with Crippen LogP contribution in [0.3, 0.4) is 0 Å². The van der Waals surface area contributed by atoms with Crippen LogP contribution in [0.15, 0.2) is 18.3 Å². The number of pyridine rings is 1. The molecule has 0 saturated carbocycles. The molecule has 1 atom stereocenters. The first-order chi connectivity index (χ1) is 8.97. The van der Waals surface area contributed by atoms with E-state index < -0.39 is 11.9 Å². The first-order valence-corrected chi connectivity index (χ1v) is 6.46. The highest BCUT2D eigenvalue weighted by Crippen LogP contribution is 2.28. The topological polar surface area (TPSA) is 28.2 Å². The van der Waals surface area contributed by atoms with Gasteiger partial charge in [-0.3, -0.25) is 0 Å². The predicted molar refractivity (Wildman–Crippen MR) is 68.1 cm³/mol. The Morgan fingerprint density at radius 2 is 2.16 bits per heavy atom. The lowest BCUT2D eigenvalue weighted by molar-refractivity contribution is -0.141. The summed E-state index contributed by atoms with van der Waals surface area (Å²) in [5.74, 6) is 0.461. The fourth-order valence-electron chi connectivity index (χ4n) is 2.25. The van der Waals surface area contributed by atoms with Crippen molar-refractivity contribution in [2.45, 2.75) is 19.5 Å². The molecular weight excluding hydrogens is 255 g/mol. The second-order valence-electron chi connectivity index (χ2n) is 5.01. The molecule has 0 aliphatic carbocycles. The minimum Gasteiger partial charge on any atom is -0.370 e. The molecule has 1 fully saturated rings. The van der Waals surface area contributed by atoms with Crippen LogP contribution in [0.2, 0.25) is 0 Å². The first kappa shape index (κ1) is 14.1. The maximum absolute atomic E-state index is 12.5. The molecule has 1 aliphatic rings. The van der Waals surface area contributed by atoms with Gasteiger partial charge in [-0.05, 0) is 37.6 Å². The van der Waals surface area contributed by atoms with E-state index in [4.69, 9.17) is 0 Å². The van der Waals surface area contributed by atoms with Crippen molar-refractivity contribution in [3.05, 3.63) is 24.0 Å². The van der Waals surface area contributed by atoms with E-state index in [0.29, 0.717) is 5.92 Å². The van der Waals surface area contributed by atoms with Gasteiger partial charge in [0.15, 0.2) is 0 Å². The number of anilines is 1. The second kappa shape index (κ2) is 5.77. The highest BCUT2D eigenvalue weighted by molar-refractivity contribution is 5.45. The Morgan fingerprint density at radius 1 is 1.37 bits per heavy atom. The van der Waals surface area contributed by atoms with E-state index in [9.17, 15) is 13.2 Å². The minimum atomic E-state index is -4.37. The Balaban J connectivity index is 2.11. The molecule has 0 aromatic carbocycles. The molecule has 0 amide bonds. The van der Waals surface area contributed by atoms with E-state index in [-0.39, 0.29) is 0 Å². The second-order valence-corrected chi connectivity index (χ2v) is 5.01. The summed E-state index contributed by atoms with van der Waals surface area (Å²) in [5, 5.41) is 3.35. The molecule has 106 valence electrons. The summed E-state index contributed by atoms with van der Waals surface area (Å²) < 4.78 is 37.4. The zero-order valence-corrected chi connectivity index (χ0v) is 10.9. The number of halogens is 3. The third-order valence-corrected chi connectivity index (χ3v) is 3.21. The predicted octanol–water partition coefficient (Wildman–Crippen LogP) is 2.54. The SMILES string of the molecule is CC1CNCCCN(c2ccc(C(F)(F)F)nc2)C1. The third-order valence-electron chi connectivity index (χ3n) is 3.21. The Morgan fingerprint density at radius 3 is 2.79 bits per heavy atom. The van der Waals surface area contributed by atoms with Crippen molar-refractivity contribution in [1.29, 1.82) is 0 Å². The fourth-order valence-corrected chi connectivity index (χ4v) is 2.25. The van der Waals surface area contributed by atoms with Gasteiger partial charge in [0.05, 0.1) is 11.9 Å². The van der Waals surface area contributed by atoms with Crippen LogP contribution in [0.4, 0.5) is 18.9 Å². The molecule has 1 aliphatic heterocycles. The van der Waals surface area contributed by atoms with Gasteiger partial charge in [0, 0.05) is 13.1 Å². The smallest absolute Gasteiger partial charge is 0.370 e. The average Bonchev–Trinajstić information content (AvgIpc) is 2.33. The number of hydrogen-bond donors (Lipinski definition) is 1. The van der Waals surface area contributed by atoms with Crippen LogP contribution in [0.1, 0.15) is 19.0 Å². The standard InChI is InChI=1S/C13H18F3N3/c1-10-7-17-5-2-6-19(9-10)11-3-4-12(18-8-11)13(14,15)16/h3-4,8,10,17H,2,5-7,9H2,1H3. The van der Waals surface area contributed by atoms with Gasteiger partial charge in [-0.1, -0.05) is 6.92 Å². The van der Waals surface area contributed by atoms with Crippen LogP contribution in [0.5, 0.6) is 0 Å². The van der Waals surface area contributed by atoms with Crippen molar-refractivity contribution in [1.82, 2.24) is 10.3 Å². The molecule has 6 heteroatoms. The maximum atomic E-state index is 12.5. The van der Waals surface area contributed by atoms with E-state index >= 15 is 0 Å². The lowest BCUT2D eigenvalue weighted by Crippen LogP contribution is -2.38. The molecule has 1 saturated heterocycles. The van der Waals surface area contributed by atoms with Gasteiger partial charge < -0.3 is 10.2 Å². The van der Waals surface area contributed by atoms with E-state index in [0.717, 1.165) is 44.4 Å². The van der Waals surface area contributed by atoms with Crippen LogP contribution in [-0.4, -0.2) is 31.2 Å². The average molecular weight is 273 g/mol. The van der Waals surface area contributed by atoms with Crippen LogP contribution in [-0.2, 0) is 6.18 Å². The molecule has 0 radical (unpaired) electrons. The van der Waals surface area contributed by atoms with Gasteiger partial charge in [-0.15, -0.1) is 0 Å². The molecule has 1 N–H and O–H groups in total. The number of nitrogens with one attached hydrogen (secondary N) is 1. The zero-order chi connectivity index (χ0) is 13.9. The molecule has 3 nitrogen and oxygen atoms in total. The van der Waals surface area contributed by atoms with Crippen molar-refractivity contribution in [2.75, 3.05) is 31.1 Å². The van der Waals surface area contributed by atoms with Crippen molar-refractivity contribution >= 4 is 5.69 Å². The number of hydrogen-bond acceptors (Lipinski definition) is 3. The van der Waals surface area contributed by atoms with Crippen molar-refractivity contribution < 1.29 is 13.2 Å². The highest BCUT2D eigenvalue weighted by Gasteiger charge is 2.32. The van der Waals surface area contributed by atoms with Gasteiger partial charge in [0.25, 0.3) is 0 Å². The van der Waals surface area contributed by atoms with Gasteiger partial charge in [0.1, 0.15) is 5.69 Å².